The van der Waals surface area contributed by atoms with Crippen molar-refractivity contribution in [1.29, 1.82) is 0 Å². The number of thioether (sulfide) groups is 1. The van der Waals surface area contributed by atoms with Gasteiger partial charge in [0.05, 0.1) is 21.3 Å². The normalized spacial score (nSPS) is 11.3. The molecule has 5 heteroatoms. The Bertz CT molecular complexity index is 435. The van der Waals surface area contributed by atoms with Crippen molar-refractivity contribution in [1.82, 2.24) is 5.32 Å². The molecule has 0 radical (unpaired) electrons. The molecule has 0 aliphatic carbocycles. The van der Waals surface area contributed by atoms with Gasteiger partial charge in [0.2, 0.25) is 5.75 Å². The Morgan fingerprint density at radius 3 is 2.20 bits per heavy atom. The van der Waals surface area contributed by atoms with Gasteiger partial charge in [0.15, 0.2) is 11.5 Å². The summed E-state index contributed by atoms with van der Waals surface area (Å²) in [6.07, 6.45) is 2.12. The number of benzene rings is 1. The molecule has 0 aliphatic heterocycles. The van der Waals surface area contributed by atoms with Gasteiger partial charge in [-0.25, -0.2) is 0 Å². The fourth-order valence-corrected chi connectivity index (χ4v) is 2.12. The van der Waals surface area contributed by atoms with Gasteiger partial charge in [-0.1, -0.05) is 6.07 Å². The summed E-state index contributed by atoms with van der Waals surface area (Å²) < 4.78 is 16.3. The molecule has 0 amide bonds. The fourth-order valence-electron chi connectivity index (χ4n) is 1.87. The third kappa shape index (κ3) is 4.21. The minimum atomic E-state index is 0.212. The second kappa shape index (κ2) is 7.64. The lowest BCUT2D eigenvalue weighted by molar-refractivity contribution is 0.321. The van der Waals surface area contributed by atoms with Gasteiger partial charge in [-0.05, 0) is 26.2 Å². The minimum absolute atomic E-state index is 0.212. The first-order chi connectivity index (χ1) is 9.49. The molecule has 114 valence electrons. The van der Waals surface area contributed by atoms with Crippen LogP contribution < -0.4 is 19.5 Å². The molecule has 0 saturated carbocycles. The van der Waals surface area contributed by atoms with Crippen molar-refractivity contribution in [2.75, 3.05) is 34.1 Å². The monoisotopic (exact) mass is 299 g/mol. The Hall–Kier alpha value is -1.07. The minimum Gasteiger partial charge on any atom is -0.493 e. The van der Waals surface area contributed by atoms with Gasteiger partial charge < -0.3 is 19.5 Å². The molecule has 0 spiro atoms. The molecular formula is C15H25NO3S. The summed E-state index contributed by atoms with van der Waals surface area (Å²) in [5, 5.41) is 3.46. The predicted molar refractivity (Wildman–Crippen MR) is 85.4 cm³/mol. The molecule has 1 aromatic rings. The lowest BCUT2D eigenvalue weighted by atomic mass is 10.1. The van der Waals surface area contributed by atoms with Crippen LogP contribution in [-0.4, -0.2) is 38.9 Å². The fraction of sp³-hybridized carbons (Fsp3) is 0.600. The summed E-state index contributed by atoms with van der Waals surface area (Å²) in [7, 11) is 4.89. The molecule has 4 nitrogen and oxygen atoms in total. The van der Waals surface area contributed by atoms with E-state index in [9.17, 15) is 0 Å². The molecule has 0 aromatic heterocycles. The molecule has 0 unspecified atom stereocenters. The van der Waals surface area contributed by atoms with Gasteiger partial charge in [0.25, 0.3) is 0 Å². The highest BCUT2D eigenvalue weighted by atomic mass is 32.2. The zero-order chi connectivity index (χ0) is 15.2. The highest BCUT2D eigenvalue weighted by Gasteiger charge is 2.18. The molecule has 1 aromatic carbocycles. The number of nitrogens with one attached hydrogen (secondary N) is 1. The van der Waals surface area contributed by atoms with Crippen LogP contribution in [0, 0.1) is 0 Å². The van der Waals surface area contributed by atoms with Gasteiger partial charge in [-0.15, -0.1) is 0 Å². The number of ether oxygens (including phenoxy) is 3. The van der Waals surface area contributed by atoms with Crippen molar-refractivity contribution in [3.8, 4) is 17.2 Å². The van der Waals surface area contributed by atoms with E-state index in [0.29, 0.717) is 11.5 Å². The number of methoxy groups -OCH3 is 3. The van der Waals surface area contributed by atoms with Gasteiger partial charge >= 0.3 is 0 Å². The Kier molecular flexibility index (Phi) is 6.49. The highest BCUT2D eigenvalue weighted by Crippen LogP contribution is 2.39. The van der Waals surface area contributed by atoms with Crippen LogP contribution in [0.15, 0.2) is 12.1 Å². The lowest BCUT2D eigenvalue weighted by Gasteiger charge is -2.23. The van der Waals surface area contributed by atoms with Crippen molar-refractivity contribution < 1.29 is 14.2 Å². The molecule has 1 N–H and O–H groups in total. The van der Waals surface area contributed by atoms with Gasteiger partial charge in [0.1, 0.15) is 0 Å². The third-order valence-electron chi connectivity index (χ3n) is 3.20. The maximum Gasteiger partial charge on any atom is 0.203 e. The van der Waals surface area contributed by atoms with E-state index in [0.717, 1.165) is 24.4 Å². The van der Waals surface area contributed by atoms with E-state index in [2.05, 4.69) is 25.4 Å². The van der Waals surface area contributed by atoms with Crippen LogP contribution in [0.5, 0.6) is 17.2 Å². The molecular weight excluding hydrogens is 274 g/mol. The zero-order valence-electron chi connectivity index (χ0n) is 13.2. The summed E-state index contributed by atoms with van der Waals surface area (Å²) >= 11 is 1.85. The lowest BCUT2D eigenvalue weighted by Crippen LogP contribution is -2.31. The van der Waals surface area contributed by atoms with E-state index in [4.69, 9.17) is 14.2 Å². The maximum atomic E-state index is 5.47. The SMILES string of the molecule is COc1ccc(CNCC(C)(C)SC)c(OC)c1OC. The molecule has 0 fully saturated rings. The standard InChI is InChI=1S/C15H25NO3S/c1-15(2,20-6)10-16-9-11-7-8-12(17-3)14(19-5)13(11)18-4/h7-8,16H,9-10H2,1-6H3. The summed E-state index contributed by atoms with van der Waals surface area (Å²) in [5.41, 5.74) is 1.06. The van der Waals surface area contributed by atoms with Crippen LogP contribution in [-0.2, 0) is 6.54 Å². The average molecular weight is 299 g/mol. The van der Waals surface area contributed by atoms with E-state index < -0.39 is 0 Å². The number of rotatable bonds is 8. The van der Waals surface area contributed by atoms with Gasteiger partial charge in [-0.3, -0.25) is 0 Å². The van der Waals surface area contributed by atoms with Gasteiger partial charge in [-0.2, -0.15) is 11.8 Å². The Morgan fingerprint density at radius 1 is 1.05 bits per heavy atom. The summed E-state index contributed by atoms with van der Waals surface area (Å²) in [6, 6.07) is 3.90. The van der Waals surface area contributed by atoms with Crippen molar-refractivity contribution in [2.45, 2.75) is 25.1 Å². The molecule has 0 aliphatic rings. The second-order valence-corrected chi connectivity index (χ2v) is 6.57. The number of hydrogen-bond donors (Lipinski definition) is 1. The first-order valence-corrected chi connectivity index (χ1v) is 7.75. The average Bonchev–Trinajstić information content (AvgIpc) is 2.46. The van der Waals surface area contributed by atoms with Crippen LogP contribution >= 0.6 is 11.8 Å². The maximum absolute atomic E-state index is 5.47. The predicted octanol–water partition coefficient (Wildman–Crippen LogP) is 2.94. The first kappa shape index (κ1) is 17.0. The van der Waals surface area contributed by atoms with E-state index >= 15 is 0 Å². The van der Waals surface area contributed by atoms with Crippen LogP contribution in [0.2, 0.25) is 0 Å². The Balaban J connectivity index is 2.85. The third-order valence-corrected chi connectivity index (χ3v) is 4.45. The topological polar surface area (TPSA) is 39.7 Å². The first-order valence-electron chi connectivity index (χ1n) is 6.52. The molecule has 20 heavy (non-hydrogen) atoms. The van der Waals surface area contributed by atoms with E-state index in [1.54, 1.807) is 21.3 Å². The summed E-state index contributed by atoms with van der Waals surface area (Å²) in [6.45, 7) is 6.09. The van der Waals surface area contributed by atoms with E-state index in [1.807, 2.05) is 23.9 Å². The van der Waals surface area contributed by atoms with Crippen LogP contribution in [0.4, 0.5) is 0 Å². The molecule has 0 heterocycles. The molecule has 0 bridgehead atoms. The Labute approximate surface area is 126 Å². The summed E-state index contributed by atoms with van der Waals surface area (Å²) in [5.74, 6) is 2.04. The smallest absolute Gasteiger partial charge is 0.203 e. The molecule has 0 atom stereocenters. The van der Waals surface area contributed by atoms with Crippen LogP contribution in [0.25, 0.3) is 0 Å². The summed E-state index contributed by atoms with van der Waals surface area (Å²) in [4.78, 5) is 0. The van der Waals surface area contributed by atoms with Crippen molar-refractivity contribution in [2.24, 2.45) is 0 Å². The largest absolute Gasteiger partial charge is 0.493 e. The molecule has 0 saturated heterocycles. The van der Waals surface area contributed by atoms with E-state index in [-0.39, 0.29) is 4.75 Å². The van der Waals surface area contributed by atoms with E-state index in [1.165, 1.54) is 0 Å². The van der Waals surface area contributed by atoms with Crippen molar-refractivity contribution in [3.05, 3.63) is 17.7 Å². The van der Waals surface area contributed by atoms with Crippen LogP contribution in [0.3, 0.4) is 0 Å². The highest BCUT2D eigenvalue weighted by molar-refractivity contribution is 7.99. The second-order valence-electron chi connectivity index (χ2n) is 5.06. The zero-order valence-corrected chi connectivity index (χ0v) is 14.0. The quantitative estimate of drug-likeness (QED) is 0.799. The van der Waals surface area contributed by atoms with Crippen molar-refractivity contribution >= 4 is 11.8 Å². The van der Waals surface area contributed by atoms with Crippen molar-refractivity contribution in [3.63, 3.8) is 0 Å². The van der Waals surface area contributed by atoms with Gasteiger partial charge in [0, 0.05) is 23.4 Å². The molecule has 1 rings (SSSR count). The number of hydrogen-bond acceptors (Lipinski definition) is 5. The van der Waals surface area contributed by atoms with Crippen LogP contribution in [0.1, 0.15) is 19.4 Å². The Morgan fingerprint density at radius 2 is 1.70 bits per heavy atom.